The second kappa shape index (κ2) is 13.6. The van der Waals surface area contributed by atoms with E-state index in [9.17, 15) is 17.6 Å². The van der Waals surface area contributed by atoms with E-state index < -0.39 is 21.7 Å². The topological polar surface area (TPSA) is 128 Å². The van der Waals surface area contributed by atoms with Gasteiger partial charge in [0.05, 0.1) is 23.9 Å². The molecule has 3 aromatic rings. The van der Waals surface area contributed by atoms with E-state index in [1.807, 2.05) is 50.0 Å². The molecule has 1 fully saturated rings. The number of carbonyl (C=O) groups excluding carboxylic acids is 1. The molecule has 3 heterocycles. The molecule has 0 saturated carbocycles. The number of benzene rings is 1. The van der Waals surface area contributed by atoms with E-state index >= 15 is 0 Å². The fourth-order valence-corrected chi connectivity index (χ4v) is 5.62. The van der Waals surface area contributed by atoms with Gasteiger partial charge in [-0.1, -0.05) is 50.8 Å². The van der Waals surface area contributed by atoms with Gasteiger partial charge < -0.3 is 15.4 Å². The zero-order chi connectivity index (χ0) is 31.1. The van der Waals surface area contributed by atoms with Gasteiger partial charge in [-0.15, -0.1) is 0 Å². The minimum Gasteiger partial charge on any atom is -0.493 e. The molecule has 1 saturated heterocycles. The molecule has 0 unspecified atom stereocenters. The van der Waals surface area contributed by atoms with Crippen molar-refractivity contribution >= 4 is 27.6 Å². The van der Waals surface area contributed by atoms with E-state index in [1.165, 1.54) is 36.4 Å². The van der Waals surface area contributed by atoms with Crippen LogP contribution in [-0.2, 0) is 10.0 Å². The van der Waals surface area contributed by atoms with Crippen LogP contribution in [-0.4, -0.2) is 43.5 Å². The number of rotatable bonds is 11. The Hall–Kier alpha value is -4.51. The lowest BCUT2D eigenvalue weighted by atomic mass is 10.0. The van der Waals surface area contributed by atoms with Gasteiger partial charge in [-0.2, -0.15) is 8.42 Å². The van der Waals surface area contributed by atoms with E-state index in [2.05, 4.69) is 16.3 Å². The van der Waals surface area contributed by atoms with Gasteiger partial charge in [0, 0.05) is 18.2 Å². The number of hydrogen-bond donors (Lipinski definition) is 2. The number of sulfonamides is 1. The molecule has 0 bridgehead atoms. The number of halogens is 1. The Kier molecular flexibility index (Phi) is 9.97. The molecule has 0 radical (unpaired) electrons. The molecule has 226 valence electrons. The van der Waals surface area contributed by atoms with Crippen molar-refractivity contribution in [3.63, 3.8) is 0 Å². The van der Waals surface area contributed by atoms with E-state index in [0.717, 1.165) is 18.4 Å². The standard InChI is InChI=1S/C32H36FN5O4S/c1-5-6-7-10-22(4)28-11-9-16-38(28)31-26(32(39)37-43(40,41)30-13-8-12-29(34)36-30)14-15-27(35-31)23-17-24(33)19-25(18-23)42-20-21(2)3/h5-8,10,12-15,17-19,21,28H,4,9,11,16,20H2,1-3H3,(H2,34,36)(H,37,39)/b6-5-,10-7-/t28-/m0/s1. The number of nitrogens with zero attached hydrogens (tertiary/aromatic N) is 3. The smallest absolute Gasteiger partial charge is 0.281 e. The molecule has 2 aromatic heterocycles. The minimum absolute atomic E-state index is 0.00161. The number of nitrogen functional groups attached to an aromatic ring is 1. The summed E-state index contributed by atoms with van der Waals surface area (Å²) in [5.41, 5.74) is 7.33. The number of hydrogen-bond acceptors (Lipinski definition) is 8. The van der Waals surface area contributed by atoms with Crippen LogP contribution in [0.5, 0.6) is 5.75 Å². The first-order chi connectivity index (χ1) is 20.5. The van der Waals surface area contributed by atoms with Crippen molar-refractivity contribution in [2.45, 2.75) is 44.7 Å². The van der Waals surface area contributed by atoms with Crippen LogP contribution in [0.15, 0.2) is 90.0 Å². The van der Waals surface area contributed by atoms with E-state index in [1.54, 1.807) is 12.1 Å². The molecule has 9 nitrogen and oxygen atoms in total. The monoisotopic (exact) mass is 605 g/mol. The van der Waals surface area contributed by atoms with Crippen molar-refractivity contribution < 1.29 is 22.3 Å². The minimum atomic E-state index is -4.34. The number of ether oxygens (including phenoxy) is 1. The summed E-state index contributed by atoms with van der Waals surface area (Å²) in [5.74, 6) is -0.532. The zero-order valence-corrected chi connectivity index (χ0v) is 25.3. The maximum absolute atomic E-state index is 14.6. The van der Waals surface area contributed by atoms with Gasteiger partial charge in [0.15, 0.2) is 5.03 Å². The molecule has 0 spiro atoms. The fourth-order valence-electron chi connectivity index (χ4n) is 4.68. The highest BCUT2D eigenvalue weighted by Crippen LogP contribution is 2.34. The molecule has 11 heteroatoms. The lowest BCUT2D eigenvalue weighted by Gasteiger charge is -2.28. The third kappa shape index (κ3) is 7.86. The van der Waals surface area contributed by atoms with Gasteiger partial charge in [0.2, 0.25) is 0 Å². The Morgan fingerprint density at radius 3 is 2.72 bits per heavy atom. The van der Waals surface area contributed by atoms with Crippen LogP contribution in [0.1, 0.15) is 44.0 Å². The van der Waals surface area contributed by atoms with Crippen LogP contribution in [0, 0.1) is 11.7 Å². The van der Waals surface area contributed by atoms with Crippen LogP contribution in [0.3, 0.4) is 0 Å². The normalized spacial score (nSPS) is 15.5. The number of nitrogens with two attached hydrogens (primary N) is 1. The number of anilines is 2. The number of amides is 1. The quantitative estimate of drug-likeness (QED) is 0.268. The van der Waals surface area contributed by atoms with Crippen LogP contribution in [0.2, 0.25) is 0 Å². The molecule has 1 atom stereocenters. The molecule has 3 N–H and O–H groups in total. The lowest BCUT2D eigenvalue weighted by molar-refractivity contribution is 0.0981. The van der Waals surface area contributed by atoms with Crippen LogP contribution in [0.4, 0.5) is 16.0 Å². The Morgan fingerprint density at radius 2 is 2.00 bits per heavy atom. The van der Waals surface area contributed by atoms with Gasteiger partial charge in [-0.3, -0.25) is 4.79 Å². The van der Waals surface area contributed by atoms with Gasteiger partial charge in [0.1, 0.15) is 23.2 Å². The highest BCUT2D eigenvalue weighted by Gasteiger charge is 2.32. The van der Waals surface area contributed by atoms with Crippen molar-refractivity contribution in [2.24, 2.45) is 5.92 Å². The molecule has 0 aliphatic carbocycles. The molecule has 1 aromatic carbocycles. The Labute approximate surface area is 252 Å². The van der Waals surface area contributed by atoms with Gasteiger partial charge in [-0.25, -0.2) is 19.1 Å². The van der Waals surface area contributed by atoms with E-state index in [0.29, 0.717) is 30.2 Å². The Morgan fingerprint density at radius 1 is 1.21 bits per heavy atom. The number of carbonyl (C=O) groups is 1. The molecule has 1 aliphatic rings. The third-order valence-electron chi connectivity index (χ3n) is 6.68. The molecule has 1 amide bonds. The van der Waals surface area contributed by atoms with Crippen LogP contribution < -0.4 is 20.1 Å². The highest BCUT2D eigenvalue weighted by molar-refractivity contribution is 7.90. The average molecular weight is 606 g/mol. The summed E-state index contributed by atoms with van der Waals surface area (Å²) in [6, 6.07) is 11.3. The summed E-state index contributed by atoms with van der Waals surface area (Å²) in [6.45, 7) is 11.1. The van der Waals surface area contributed by atoms with Crippen LogP contribution >= 0.6 is 0 Å². The fraction of sp³-hybridized carbons (Fsp3) is 0.281. The van der Waals surface area contributed by atoms with Crippen LogP contribution in [0.25, 0.3) is 11.3 Å². The highest BCUT2D eigenvalue weighted by atomic mass is 32.2. The largest absolute Gasteiger partial charge is 0.493 e. The summed E-state index contributed by atoms with van der Waals surface area (Å²) in [5, 5.41) is -0.387. The maximum Gasteiger partial charge on any atom is 0.281 e. The summed E-state index contributed by atoms with van der Waals surface area (Å²) >= 11 is 0. The van der Waals surface area contributed by atoms with Gasteiger partial charge >= 0.3 is 0 Å². The Bertz CT molecular complexity index is 1670. The second-order valence-corrected chi connectivity index (χ2v) is 12.2. The van der Waals surface area contributed by atoms with E-state index in [4.69, 9.17) is 15.5 Å². The maximum atomic E-state index is 14.6. The summed E-state index contributed by atoms with van der Waals surface area (Å²) in [7, 11) is -4.34. The number of pyridine rings is 2. The first kappa shape index (κ1) is 31.4. The third-order valence-corrected chi connectivity index (χ3v) is 7.92. The Balaban J connectivity index is 1.77. The predicted octanol–water partition coefficient (Wildman–Crippen LogP) is 5.68. The lowest BCUT2D eigenvalue weighted by Crippen LogP contribution is -2.36. The zero-order valence-electron chi connectivity index (χ0n) is 24.5. The number of allylic oxidation sites excluding steroid dienone is 3. The van der Waals surface area contributed by atoms with Gasteiger partial charge in [0.25, 0.3) is 15.9 Å². The second-order valence-electron chi connectivity index (χ2n) is 10.6. The first-order valence-corrected chi connectivity index (χ1v) is 15.5. The average Bonchev–Trinajstić information content (AvgIpc) is 3.45. The van der Waals surface area contributed by atoms with Crippen molar-refractivity contribution in [1.29, 1.82) is 0 Å². The number of nitrogens with one attached hydrogen (secondary N) is 1. The van der Waals surface area contributed by atoms with Crippen molar-refractivity contribution in [1.82, 2.24) is 14.7 Å². The van der Waals surface area contributed by atoms with E-state index in [-0.39, 0.29) is 34.2 Å². The SMILES string of the molecule is C=C(/C=C\C=C/C)[C@@H]1CCCN1c1nc(-c2cc(F)cc(OCC(C)C)c2)ccc1C(=O)NS(=O)(=O)c1cccc(N)n1. The van der Waals surface area contributed by atoms with Gasteiger partial charge in [-0.05, 0) is 67.7 Å². The summed E-state index contributed by atoms with van der Waals surface area (Å²) in [6.07, 6.45) is 9.12. The predicted molar refractivity (Wildman–Crippen MR) is 167 cm³/mol. The molecule has 1 aliphatic heterocycles. The molecule has 4 rings (SSSR count). The van der Waals surface area contributed by atoms with Crippen molar-refractivity contribution in [3.8, 4) is 17.0 Å². The molecular weight excluding hydrogens is 569 g/mol. The number of aromatic nitrogens is 2. The van der Waals surface area contributed by atoms with Crippen molar-refractivity contribution in [2.75, 3.05) is 23.8 Å². The molecular formula is C32H36FN5O4S. The molecule has 43 heavy (non-hydrogen) atoms. The first-order valence-electron chi connectivity index (χ1n) is 14.0. The van der Waals surface area contributed by atoms with Crippen molar-refractivity contribution in [3.05, 3.63) is 96.4 Å². The summed E-state index contributed by atoms with van der Waals surface area (Å²) in [4.78, 5) is 24.1. The summed E-state index contributed by atoms with van der Waals surface area (Å²) < 4.78 is 48.5.